The van der Waals surface area contributed by atoms with Crippen molar-refractivity contribution in [2.24, 2.45) is 0 Å². The van der Waals surface area contributed by atoms with Crippen LogP contribution in [0, 0.1) is 6.92 Å². The molecule has 1 aromatic heterocycles. The van der Waals surface area contributed by atoms with E-state index in [9.17, 15) is 9.59 Å². The summed E-state index contributed by atoms with van der Waals surface area (Å²) in [6, 6.07) is 22.5. The van der Waals surface area contributed by atoms with Crippen LogP contribution in [0.5, 0.6) is 0 Å². The summed E-state index contributed by atoms with van der Waals surface area (Å²) < 4.78 is 1.73. The summed E-state index contributed by atoms with van der Waals surface area (Å²) in [6.07, 6.45) is 0. The van der Waals surface area contributed by atoms with Gasteiger partial charge in [-0.3, -0.25) is 14.2 Å². The molecule has 0 saturated heterocycles. The maximum Gasteiger partial charge on any atom is 0.263 e. The second kappa shape index (κ2) is 9.69. The highest BCUT2D eigenvalue weighted by atomic mass is 16.1. The van der Waals surface area contributed by atoms with Gasteiger partial charge < -0.3 is 10.2 Å². The number of amides is 1. The van der Waals surface area contributed by atoms with Gasteiger partial charge in [-0.1, -0.05) is 48.0 Å². The minimum Gasteiger partial charge on any atom is -0.343 e. The summed E-state index contributed by atoms with van der Waals surface area (Å²) in [4.78, 5) is 33.2. The first-order valence-electron chi connectivity index (χ1n) is 11.2. The number of anilines is 2. The molecule has 0 bridgehead atoms. The van der Waals surface area contributed by atoms with Gasteiger partial charge in [-0.2, -0.15) is 0 Å². The Bertz CT molecular complexity index is 1320. The Balaban J connectivity index is 1.78. The number of hydrogen-bond acceptors (Lipinski definition) is 4. The fourth-order valence-corrected chi connectivity index (χ4v) is 3.84. The lowest BCUT2D eigenvalue weighted by molar-refractivity contribution is 0.102. The summed E-state index contributed by atoms with van der Waals surface area (Å²) in [5, 5.41) is 3.38. The highest BCUT2D eigenvalue weighted by Gasteiger charge is 2.17. The summed E-state index contributed by atoms with van der Waals surface area (Å²) in [7, 11) is 0. The van der Waals surface area contributed by atoms with Crippen LogP contribution in [0.4, 0.5) is 11.6 Å². The van der Waals surface area contributed by atoms with Crippen molar-refractivity contribution in [3.63, 3.8) is 0 Å². The van der Waals surface area contributed by atoms with Crippen molar-refractivity contribution in [3.05, 3.63) is 99.8 Å². The van der Waals surface area contributed by atoms with E-state index < -0.39 is 0 Å². The van der Waals surface area contributed by atoms with Crippen molar-refractivity contribution >= 4 is 28.4 Å². The topological polar surface area (TPSA) is 67.2 Å². The molecule has 0 saturated carbocycles. The van der Waals surface area contributed by atoms with Crippen LogP contribution in [0.25, 0.3) is 10.9 Å². The lowest BCUT2D eigenvalue weighted by atomic mass is 10.1. The van der Waals surface area contributed by atoms with Gasteiger partial charge in [0.1, 0.15) is 0 Å². The van der Waals surface area contributed by atoms with Gasteiger partial charge in [0.05, 0.1) is 17.4 Å². The lowest BCUT2D eigenvalue weighted by Crippen LogP contribution is -2.33. The van der Waals surface area contributed by atoms with Gasteiger partial charge in [-0.15, -0.1) is 0 Å². The third-order valence-electron chi connectivity index (χ3n) is 5.74. The van der Waals surface area contributed by atoms with E-state index in [2.05, 4.69) is 10.2 Å². The molecule has 0 atom stereocenters. The molecule has 0 radical (unpaired) electrons. The van der Waals surface area contributed by atoms with Crippen LogP contribution < -0.4 is 15.8 Å². The van der Waals surface area contributed by atoms with Crippen molar-refractivity contribution in [3.8, 4) is 0 Å². The number of fused-ring (bicyclic) bond motifs is 1. The first kappa shape index (κ1) is 22.3. The van der Waals surface area contributed by atoms with Crippen LogP contribution in [0.3, 0.4) is 0 Å². The van der Waals surface area contributed by atoms with Gasteiger partial charge in [-0.25, -0.2) is 4.98 Å². The average Bonchev–Trinajstić information content (AvgIpc) is 2.83. The highest BCUT2D eigenvalue weighted by Crippen LogP contribution is 2.19. The van der Waals surface area contributed by atoms with Gasteiger partial charge in [0.25, 0.3) is 11.5 Å². The molecule has 0 fully saturated rings. The first-order valence-corrected chi connectivity index (χ1v) is 11.2. The van der Waals surface area contributed by atoms with Gasteiger partial charge in [-0.05, 0) is 56.7 Å². The molecule has 6 heteroatoms. The van der Waals surface area contributed by atoms with E-state index in [4.69, 9.17) is 4.98 Å². The van der Waals surface area contributed by atoms with E-state index in [1.807, 2.05) is 75.4 Å². The summed E-state index contributed by atoms with van der Waals surface area (Å²) in [5.41, 5.74) is 3.79. The van der Waals surface area contributed by atoms with Crippen LogP contribution in [-0.2, 0) is 6.54 Å². The SMILES string of the molecule is CCN(CC)c1nc2cc(C(=O)Nc3ccccc3)ccc2c(=O)n1Cc1ccc(C)cc1. The normalized spacial score (nSPS) is 10.9. The van der Waals surface area contributed by atoms with Gasteiger partial charge >= 0.3 is 0 Å². The number of rotatable bonds is 7. The zero-order chi connectivity index (χ0) is 23.4. The largest absolute Gasteiger partial charge is 0.343 e. The quantitative estimate of drug-likeness (QED) is 0.446. The molecular weight excluding hydrogens is 412 g/mol. The molecule has 1 heterocycles. The maximum atomic E-state index is 13.5. The second-order valence-electron chi connectivity index (χ2n) is 8.01. The molecule has 168 valence electrons. The van der Waals surface area contributed by atoms with Crippen LogP contribution in [0.2, 0.25) is 0 Å². The van der Waals surface area contributed by atoms with E-state index in [0.29, 0.717) is 34.6 Å². The van der Waals surface area contributed by atoms with Crippen LogP contribution in [0.1, 0.15) is 35.3 Å². The number of nitrogens with one attached hydrogen (secondary N) is 1. The van der Waals surface area contributed by atoms with Crippen molar-refractivity contribution in [1.29, 1.82) is 0 Å². The molecule has 0 unspecified atom stereocenters. The molecule has 4 rings (SSSR count). The minimum absolute atomic E-state index is 0.113. The standard InChI is InChI=1S/C27H28N4O2/c1-4-30(5-2)27-29-24-17-21(25(32)28-22-9-7-6-8-10-22)15-16-23(24)26(33)31(27)18-20-13-11-19(3)12-14-20/h6-17H,4-5,18H2,1-3H3,(H,28,32). The maximum absolute atomic E-state index is 13.5. The highest BCUT2D eigenvalue weighted by molar-refractivity contribution is 6.06. The monoisotopic (exact) mass is 440 g/mol. The third kappa shape index (κ3) is 4.80. The summed E-state index contributed by atoms with van der Waals surface area (Å²) >= 11 is 0. The first-order chi connectivity index (χ1) is 16.0. The lowest BCUT2D eigenvalue weighted by Gasteiger charge is -2.24. The summed E-state index contributed by atoms with van der Waals surface area (Å²) in [6.45, 7) is 8.00. The molecular formula is C27H28N4O2. The molecule has 4 aromatic rings. The van der Waals surface area contributed by atoms with E-state index >= 15 is 0 Å². The Kier molecular flexibility index (Phi) is 6.54. The Morgan fingerprint density at radius 1 is 0.970 bits per heavy atom. The Morgan fingerprint density at radius 2 is 1.67 bits per heavy atom. The predicted molar refractivity (Wildman–Crippen MR) is 134 cm³/mol. The average molecular weight is 441 g/mol. The Morgan fingerprint density at radius 3 is 2.33 bits per heavy atom. The van der Waals surface area contributed by atoms with E-state index in [-0.39, 0.29) is 11.5 Å². The number of hydrogen-bond donors (Lipinski definition) is 1. The van der Waals surface area contributed by atoms with E-state index in [1.165, 1.54) is 5.56 Å². The van der Waals surface area contributed by atoms with E-state index in [0.717, 1.165) is 18.7 Å². The predicted octanol–water partition coefficient (Wildman–Crippen LogP) is 4.85. The van der Waals surface area contributed by atoms with Crippen molar-refractivity contribution in [2.75, 3.05) is 23.3 Å². The number of aryl methyl sites for hydroxylation is 1. The van der Waals surface area contributed by atoms with Gasteiger partial charge in [0, 0.05) is 24.3 Å². The third-order valence-corrected chi connectivity index (χ3v) is 5.74. The zero-order valence-corrected chi connectivity index (χ0v) is 19.2. The number of benzene rings is 3. The minimum atomic E-state index is -0.238. The molecule has 6 nitrogen and oxygen atoms in total. The Labute approximate surface area is 193 Å². The number of aromatic nitrogens is 2. The van der Waals surface area contributed by atoms with Crippen molar-refractivity contribution in [2.45, 2.75) is 27.3 Å². The van der Waals surface area contributed by atoms with Crippen molar-refractivity contribution in [1.82, 2.24) is 9.55 Å². The fourth-order valence-electron chi connectivity index (χ4n) is 3.84. The van der Waals surface area contributed by atoms with Crippen LogP contribution >= 0.6 is 0 Å². The van der Waals surface area contributed by atoms with Crippen LogP contribution in [-0.4, -0.2) is 28.5 Å². The Hall–Kier alpha value is -3.93. The molecule has 0 spiro atoms. The van der Waals surface area contributed by atoms with Gasteiger partial charge in [0.2, 0.25) is 5.95 Å². The molecule has 3 aromatic carbocycles. The van der Waals surface area contributed by atoms with E-state index in [1.54, 1.807) is 22.8 Å². The second-order valence-corrected chi connectivity index (χ2v) is 8.01. The van der Waals surface area contributed by atoms with Crippen molar-refractivity contribution < 1.29 is 4.79 Å². The van der Waals surface area contributed by atoms with Gasteiger partial charge in [0.15, 0.2) is 0 Å². The number of carbonyl (C=O) groups excluding carboxylic acids is 1. The molecule has 33 heavy (non-hydrogen) atoms. The molecule has 0 aliphatic carbocycles. The van der Waals surface area contributed by atoms with Crippen LogP contribution in [0.15, 0.2) is 77.6 Å². The number of carbonyl (C=O) groups is 1. The summed E-state index contributed by atoms with van der Waals surface area (Å²) in [5.74, 6) is 0.372. The number of para-hydroxylation sites is 1. The molecule has 1 amide bonds. The fraction of sp³-hybridized carbons (Fsp3) is 0.222. The zero-order valence-electron chi connectivity index (χ0n) is 19.2. The molecule has 0 aliphatic heterocycles. The molecule has 0 aliphatic rings. The smallest absolute Gasteiger partial charge is 0.263 e. The number of nitrogens with zero attached hydrogens (tertiary/aromatic N) is 3. The molecule has 1 N–H and O–H groups in total.